The Bertz CT molecular complexity index is 471. The molecule has 0 radical (unpaired) electrons. The molecule has 0 N–H and O–H groups in total. The SMILES string of the molecule is CCCC(CC)P[I-]OC1C(O[I-]P)OC(CC(C)(CC)CC)C(O[I-]P)C1O[I-]P. The molecule has 194 valence electrons. The van der Waals surface area contributed by atoms with E-state index < -0.39 is 63.2 Å². The van der Waals surface area contributed by atoms with Crippen LogP contribution >= 0.6 is 26.9 Å². The van der Waals surface area contributed by atoms with Gasteiger partial charge in [-0.15, -0.1) is 0 Å². The minimum atomic E-state index is -0.460. The van der Waals surface area contributed by atoms with Gasteiger partial charge in [0.25, 0.3) is 0 Å². The Morgan fingerprint density at radius 1 is 0.903 bits per heavy atom. The van der Waals surface area contributed by atoms with E-state index >= 15 is 0 Å². The first-order chi connectivity index (χ1) is 14.9. The van der Waals surface area contributed by atoms with Gasteiger partial charge in [0.1, 0.15) is 0 Å². The summed E-state index contributed by atoms with van der Waals surface area (Å²) in [7, 11) is 0. The quantitative estimate of drug-likeness (QED) is 0.108. The molecule has 5 nitrogen and oxygen atoms in total. The van der Waals surface area contributed by atoms with Gasteiger partial charge in [0.05, 0.1) is 0 Å². The van der Waals surface area contributed by atoms with E-state index in [0.717, 1.165) is 31.1 Å². The predicted octanol–water partition coefficient (Wildman–Crippen LogP) is -6.34. The van der Waals surface area contributed by atoms with Crippen molar-refractivity contribution in [3.05, 3.63) is 0 Å². The number of rotatable bonds is 17. The first kappa shape index (κ1) is 33.5. The van der Waals surface area contributed by atoms with Gasteiger partial charge < -0.3 is 0 Å². The standard InChI is InChI=1S/C18H40I4O5P4/c1-6-10-12(7-2)31-22-26-16-15(25-20-29)14(24-19-28)13(23-17(16)27-21-30)11-18(5,8-3)9-4/h12-17,31H,6-11,28-30H2,1-5H3/q-4. The van der Waals surface area contributed by atoms with E-state index in [4.69, 9.17) is 17.0 Å². The molecule has 1 rings (SSSR count). The van der Waals surface area contributed by atoms with Gasteiger partial charge in [-0.3, -0.25) is 0 Å². The molecule has 1 fully saturated rings. The van der Waals surface area contributed by atoms with Gasteiger partial charge >= 0.3 is 243 Å². The van der Waals surface area contributed by atoms with Crippen LogP contribution in [-0.2, 0) is 17.0 Å². The summed E-state index contributed by atoms with van der Waals surface area (Å²) in [5, 5.41) is 0. The van der Waals surface area contributed by atoms with Gasteiger partial charge in [-0.05, 0) is 0 Å². The van der Waals surface area contributed by atoms with Crippen LogP contribution in [0.4, 0.5) is 0 Å². The zero-order valence-corrected chi connectivity index (χ0v) is 32.1. The summed E-state index contributed by atoms with van der Waals surface area (Å²) < 4.78 is 32.1. The predicted molar refractivity (Wildman–Crippen MR) is 124 cm³/mol. The Balaban J connectivity index is 3.05. The van der Waals surface area contributed by atoms with Crippen molar-refractivity contribution in [3.63, 3.8) is 0 Å². The average Bonchev–Trinajstić information content (AvgIpc) is 2.77. The monoisotopic (exact) mass is 968 g/mol. The van der Waals surface area contributed by atoms with E-state index in [0.29, 0.717) is 0 Å². The van der Waals surface area contributed by atoms with Gasteiger partial charge in [-0.25, -0.2) is 0 Å². The molecule has 1 aliphatic rings. The Morgan fingerprint density at radius 2 is 1.52 bits per heavy atom. The zero-order chi connectivity index (χ0) is 23.3. The fraction of sp³-hybridized carbons (Fsp3) is 1.00. The third-order valence-electron chi connectivity index (χ3n) is 5.92. The molecule has 0 spiro atoms. The summed E-state index contributed by atoms with van der Waals surface area (Å²) in [4.78, 5) is 0. The summed E-state index contributed by atoms with van der Waals surface area (Å²) >= 11 is -1.70. The van der Waals surface area contributed by atoms with Gasteiger partial charge in [-0.2, -0.15) is 0 Å². The molecule has 1 heterocycles. The summed E-state index contributed by atoms with van der Waals surface area (Å²) in [5.41, 5.74) is 1.01. The molecular formula is C18H40I4O5P4-4. The van der Waals surface area contributed by atoms with Crippen LogP contribution in [-0.4, -0.2) is 36.4 Å². The molecule has 0 aliphatic carbocycles. The molecule has 0 saturated carbocycles. The molecule has 0 aromatic heterocycles. The van der Waals surface area contributed by atoms with Crippen molar-refractivity contribution in [2.45, 2.75) is 110 Å². The number of ether oxygens (including phenoxy) is 1. The van der Waals surface area contributed by atoms with Crippen LogP contribution in [0.1, 0.15) is 73.1 Å². The molecule has 0 bridgehead atoms. The van der Waals surface area contributed by atoms with Crippen LogP contribution in [0.2, 0.25) is 0 Å². The van der Waals surface area contributed by atoms with Crippen molar-refractivity contribution in [1.82, 2.24) is 0 Å². The maximum atomic E-state index is 6.61. The zero-order valence-electron chi connectivity index (χ0n) is 19.0. The third-order valence-corrected chi connectivity index (χ3v) is 16.5. The van der Waals surface area contributed by atoms with Crippen molar-refractivity contribution >= 4 is 26.9 Å². The minimum absolute atomic E-state index is 0.0229. The second-order valence-corrected chi connectivity index (χ2v) is 19.4. The second-order valence-electron chi connectivity index (χ2n) is 7.86. The molecule has 0 aromatic carbocycles. The Kier molecular flexibility index (Phi) is 21.1. The summed E-state index contributed by atoms with van der Waals surface area (Å²) in [6.07, 6.45) is 7.15. The van der Waals surface area contributed by atoms with Crippen LogP contribution in [0.5, 0.6) is 0 Å². The topological polar surface area (TPSA) is 46.2 Å². The Morgan fingerprint density at radius 3 is 2.03 bits per heavy atom. The van der Waals surface area contributed by atoms with Gasteiger partial charge in [0.2, 0.25) is 0 Å². The molecule has 1 saturated heterocycles. The normalized spacial score (nSPS) is 29.0. The molecule has 1 aliphatic heterocycles. The van der Waals surface area contributed by atoms with E-state index in [-0.39, 0.29) is 57.2 Å². The van der Waals surface area contributed by atoms with Gasteiger partial charge in [-0.1, -0.05) is 0 Å². The average molecular weight is 968 g/mol. The molecular weight excluding hydrogens is 928 g/mol. The van der Waals surface area contributed by atoms with Crippen molar-refractivity contribution in [3.8, 4) is 0 Å². The van der Waals surface area contributed by atoms with Gasteiger partial charge in [0, 0.05) is 0 Å². The maximum absolute atomic E-state index is 6.61. The summed E-state index contributed by atoms with van der Waals surface area (Å²) in [6, 6.07) is 0. The van der Waals surface area contributed by atoms with Gasteiger partial charge in [0.15, 0.2) is 0 Å². The van der Waals surface area contributed by atoms with E-state index in [1.165, 1.54) is 19.3 Å². The van der Waals surface area contributed by atoms with E-state index in [1.54, 1.807) is 0 Å². The molecule has 13 heteroatoms. The molecule has 31 heavy (non-hydrogen) atoms. The molecule has 10 atom stereocenters. The molecule has 0 aromatic rings. The van der Waals surface area contributed by atoms with E-state index in [9.17, 15) is 0 Å². The molecule has 0 amide bonds. The Hall–Kier alpha value is 4.44. The van der Waals surface area contributed by atoms with Crippen molar-refractivity contribution in [2.24, 2.45) is 5.41 Å². The Labute approximate surface area is 240 Å². The van der Waals surface area contributed by atoms with Crippen molar-refractivity contribution in [2.75, 3.05) is 0 Å². The number of halogens is 4. The number of hydrogen-bond acceptors (Lipinski definition) is 5. The van der Waals surface area contributed by atoms with Crippen molar-refractivity contribution in [1.29, 1.82) is 0 Å². The first-order valence-electron chi connectivity index (χ1n) is 10.6. The summed E-state index contributed by atoms with van der Waals surface area (Å²) in [5.74, 6) is 0. The third kappa shape index (κ3) is 11.8. The second kappa shape index (κ2) is 19.5. The van der Waals surface area contributed by atoms with E-state index in [1.807, 2.05) is 0 Å². The van der Waals surface area contributed by atoms with Crippen LogP contribution in [0.15, 0.2) is 0 Å². The van der Waals surface area contributed by atoms with Crippen LogP contribution < -0.4 is 84.3 Å². The fourth-order valence-corrected chi connectivity index (χ4v) is 14.3. The van der Waals surface area contributed by atoms with Crippen molar-refractivity contribution < 1.29 is 101 Å². The first-order valence-corrected chi connectivity index (χ1v) is 30.8. The fourth-order valence-electron chi connectivity index (χ4n) is 3.44. The number of hydrogen-bond donors (Lipinski definition) is 0. The van der Waals surface area contributed by atoms with Crippen LogP contribution in [0, 0.1) is 5.41 Å². The summed E-state index contributed by atoms with van der Waals surface area (Å²) in [6.45, 7) is 19.8. The van der Waals surface area contributed by atoms with Crippen LogP contribution in [0.3, 0.4) is 0 Å². The van der Waals surface area contributed by atoms with Crippen LogP contribution in [0.25, 0.3) is 0 Å². The molecule has 10 unspecified atom stereocenters. The van der Waals surface area contributed by atoms with E-state index in [2.05, 4.69) is 55.3 Å².